The van der Waals surface area contributed by atoms with Crippen LogP contribution in [0.5, 0.6) is 0 Å². The van der Waals surface area contributed by atoms with Crippen LogP contribution in [0, 0.1) is 0 Å². The monoisotopic (exact) mass is 339 g/mol. The van der Waals surface area contributed by atoms with Crippen LogP contribution in [0.3, 0.4) is 0 Å². The lowest BCUT2D eigenvalue weighted by Crippen LogP contribution is -2.40. The number of hydrogen-bond acceptors (Lipinski definition) is 5. The molecule has 0 bridgehead atoms. The van der Waals surface area contributed by atoms with Gasteiger partial charge in [-0.05, 0) is 37.7 Å². The van der Waals surface area contributed by atoms with E-state index in [1.165, 1.54) is 4.68 Å². The standard InChI is InChI=1S/C15H21N3O4S/c19-14(16-12-6-7-23(21,22)10-12)9-18-15(20)8-11-4-2-1-3-5-13(11)17-18/h8,12H,1-7,9-10H2,(H,16,19)/t12-/m0/s1. The normalized spacial score (nSPS) is 23.0. The Hall–Kier alpha value is -1.70. The highest BCUT2D eigenvalue weighted by Gasteiger charge is 2.29. The first-order chi connectivity index (χ1) is 10.9. The molecule has 1 fully saturated rings. The number of sulfone groups is 1. The predicted molar refractivity (Wildman–Crippen MR) is 85.0 cm³/mol. The number of aromatic nitrogens is 2. The molecule has 1 amide bonds. The van der Waals surface area contributed by atoms with Gasteiger partial charge in [0.05, 0.1) is 17.2 Å². The summed E-state index contributed by atoms with van der Waals surface area (Å²) >= 11 is 0. The Morgan fingerprint density at radius 1 is 1.30 bits per heavy atom. The molecule has 7 nitrogen and oxygen atoms in total. The fourth-order valence-corrected chi connectivity index (χ4v) is 4.88. The van der Waals surface area contributed by atoms with Gasteiger partial charge < -0.3 is 5.32 Å². The molecule has 1 aromatic rings. The van der Waals surface area contributed by atoms with Crippen molar-refractivity contribution < 1.29 is 13.2 Å². The van der Waals surface area contributed by atoms with Crippen molar-refractivity contribution in [2.75, 3.05) is 11.5 Å². The summed E-state index contributed by atoms with van der Waals surface area (Å²) in [6.07, 6.45) is 5.36. The lowest BCUT2D eigenvalue weighted by Gasteiger charge is -2.13. The van der Waals surface area contributed by atoms with E-state index in [2.05, 4.69) is 10.4 Å². The van der Waals surface area contributed by atoms with Crippen molar-refractivity contribution in [3.05, 3.63) is 27.7 Å². The van der Waals surface area contributed by atoms with E-state index in [-0.39, 0.29) is 35.6 Å². The van der Waals surface area contributed by atoms with Gasteiger partial charge in [-0.3, -0.25) is 9.59 Å². The second kappa shape index (κ2) is 6.43. The number of nitrogens with one attached hydrogen (secondary N) is 1. The van der Waals surface area contributed by atoms with Crippen LogP contribution >= 0.6 is 0 Å². The zero-order valence-corrected chi connectivity index (χ0v) is 13.8. The first-order valence-electron chi connectivity index (χ1n) is 8.03. The molecule has 3 rings (SSSR count). The smallest absolute Gasteiger partial charge is 0.267 e. The van der Waals surface area contributed by atoms with Crippen molar-refractivity contribution in [1.29, 1.82) is 0 Å². The van der Waals surface area contributed by atoms with E-state index in [0.717, 1.165) is 43.4 Å². The third kappa shape index (κ3) is 3.99. The highest BCUT2D eigenvalue weighted by molar-refractivity contribution is 7.91. The summed E-state index contributed by atoms with van der Waals surface area (Å²) in [7, 11) is -3.04. The summed E-state index contributed by atoms with van der Waals surface area (Å²) < 4.78 is 24.0. The van der Waals surface area contributed by atoms with Gasteiger partial charge in [-0.1, -0.05) is 6.42 Å². The zero-order chi connectivity index (χ0) is 16.4. The number of aryl methyl sites for hydroxylation is 2. The summed E-state index contributed by atoms with van der Waals surface area (Å²) in [5, 5.41) is 7.03. The predicted octanol–water partition coefficient (Wildman–Crippen LogP) is -0.184. The molecule has 2 aliphatic rings. The Morgan fingerprint density at radius 3 is 2.83 bits per heavy atom. The van der Waals surface area contributed by atoms with Crippen LogP contribution in [0.15, 0.2) is 10.9 Å². The Kier molecular flexibility index (Phi) is 4.52. The summed E-state index contributed by atoms with van der Waals surface area (Å²) in [4.78, 5) is 24.2. The second-order valence-electron chi connectivity index (χ2n) is 6.34. The summed E-state index contributed by atoms with van der Waals surface area (Å²) in [6.45, 7) is -0.164. The van der Waals surface area contributed by atoms with Gasteiger partial charge in [-0.25, -0.2) is 13.1 Å². The second-order valence-corrected chi connectivity index (χ2v) is 8.57. The average molecular weight is 339 g/mol. The SMILES string of the molecule is O=C(Cn1nc2c(cc1=O)CCCCC2)N[C@H]1CCS(=O)(=O)C1. The van der Waals surface area contributed by atoms with Gasteiger partial charge in [0.15, 0.2) is 9.84 Å². The maximum Gasteiger partial charge on any atom is 0.267 e. The van der Waals surface area contributed by atoms with Crippen LogP contribution in [0.25, 0.3) is 0 Å². The molecule has 23 heavy (non-hydrogen) atoms. The molecule has 0 unspecified atom stereocenters. The van der Waals surface area contributed by atoms with Gasteiger partial charge in [0, 0.05) is 12.1 Å². The van der Waals surface area contributed by atoms with Crippen LogP contribution < -0.4 is 10.9 Å². The molecule has 0 radical (unpaired) electrons. The third-order valence-electron chi connectivity index (χ3n) is 4.41. The number of fused-ring (bicyclic) bond motifs is 1. The molecule has 0 spiro atoms. The maximum absolute atomic E-state index is 12.1. The number of carbonyl (C=O) groups excluding carboxylic acids is 1. The fourth-order valence-electron chi connectivity index (χ4n) is 3.21. The Bertz CT molecular complexity index is 769. The topological polar surface area (TPSA) is 98.1 Å². The van der Waals surface area contributed by atoms with Crippen LogP contribution in [-0.2, 0) is 34.0 Å². The van der Waals surface area contributed by atoms with Crippen LogP contribution in [0.1, 0.15) is 36.9 Å². The van der Waals surface area contributed by atoms with E-state index in [0.29, 0.717) is 6.42 Å². The van der Waals surface area contributed by atoms with Crippen molar-refractivity contribution in [3.63, 3.8) is 0 Å². The molecule has 0 aromatic carbocycles. The molecule has 0 saturated carbocycles. The van der Waals surface area contributed by atoms with E-state index in [9.17, 15) is 18.0 Å². The molecule has 8 heteroatoms. The molecule has 2 heterocycles. The fraction of sp³-hybridized carbons (Fsp3) is 0.667. The molecule has 126 valence electrons. The third-order valence-corrected chi connectivity index (χ3v) is 6.18. The highest BCUT2D eigenvalue weighted by atomic mass is 32.2. The molecular formula is C15H21N3O4S. The molecule has 1 aliphatic heterocycles. The Balaban J connectivity index is 1.69. The van der Waals surface area contributed by atoms with Crippen molar-refractivity contribution in [2.24, 2.45) is 0 Å². The van der Waals surface area contributed by atoms with Crippen LogP contribution in [0.4, 0.5) is 0 Å². The minimum absolute atomic E-state index is 0.0226. The first kappa shape index (κ1) is 16.2. The van der Waals surface area contributed by atoms with Gasteiger partial charge >= 0.3 is 0 Å². The van der Waals surface area contributed by atoms with Gasteiger partial charge in [-0.2, -0.15) is 5.10 Å². The van der Waals surface area contributed by atoms with Crippen molar-refractivity contribution in [1.82, 2.24) is 15.1 Å². The summed E-state index contributed by atoms with van der Waals surface area (Å²) in [5.74, 6) is -0.282. The first-order valence-corrected chi connectivity index (χ1v) is 9.85. The van der Waals surface area contributed by atoms with Gasteiger partial charge in [0.2, 0.25) is 5.91 Å². The number of carbonyl (C=O) groups is 1. The quantitative estimate of drug-likeness (QED) is 0.770. The minimum Gasteiger partial charge on any atom is -0.351 e. The summed E-state index contributed by atoms with van der Waals surface area (Å²) in [5.41, 5.74) is 1.62. The number of hydrogen-bond donors (Lipinski definition) is 1. The molecule has 1 atom stereocenters. The highest BCUT2D eigenvalue weighted by Crippen LogP contribution is 2.16. The van der Waals surface area contributed by atoms with Crippen LogP contribution in [-0.4, -0.2) is 41.7 Å². The van der Waals surface area contributed by atoms with E-state index < -0.39 is 9.84 Å². The minimum atomic E-state index is -3.04. The van der Waals surface area contributed by atoms with Crippen molar-refractivity contribution in [2.45, 2.75) is 51.1 Å². The van der Waals surface area contributed by atoms with Crippen molar-refractivity contribution >= 4 is 15.7 Å². The van der Waals surface area contributed by atoms with E-state index in [1.807, 2.05) is 0 Å². The van der Waals surface area contributed by atoms with E-state index >= 15 is 0 Å². The number of nitrogens with zero attached hydrogens (tertiary/aromatic N) is 2. The van der Waals surface area contributed by atoms with Crippen LogP contribution in [0.2, 0.25) is 0 Å². The van der Waals surface area contributed by atoms with Crippen molar-refractivity contribution in [3.8, 4) is 0 Å². The van der Waals surface area contributed by atoms with E-state index in [1.54, 1.807) is 6.07 Å². The average Bonchev–Trinajstić information content (AvgIpc) is 2.68. The largest absolute Gasteiger partial charge is 0.351 e. The summed E-state index contributed by atoms with van der Waals surface area (Å²) in [6, 6.07) is 1.23. The molecule has 1 N–H and O–H groups in total. The Morgan fingerprint density at radius 2 is 2.09 bits per heavy atom. The van der Waals surface area contributed by atoms with Gasteiger partial charge in [0.1, 0.15) is 6.54 Å². The lowest BCUT2D eigenvalue weighted by molar-refractivity contribution is -0.122. The zero-order valence-electron chi connectivity index (χ0n) is 13.0. The Labute approximate surface area is 135 Å². The molecule has 1 aromatic heterocycles. The van der Waals surface area contributed by atoms with E-state index in [4.69, 9.17) is 0 Å². The number of rotatable bonds is 3. The lowest BCUT2D eigenvalue weighted by atomic mass is 10.1. The van der Waals surface area contributed by atoms with Gasteiger partial charge in [0.25, 0.3) is 5.56 Å². The molecular weight excluding hydrogens is 318 g/mol. The maximum atomic E-state index is 12.1. The number of amides is 1. The van der Waals surface area contributed by atoms with Gasteiger partial charge in [-0.15, -0.1) is 0 Å². The molecule has 1 saturated heterocycles. The molecule has 1 aliphatic carbocycles.